The number of nitrogens with one attached hydrogen (secondary N) is 1. The summed E-state index contributed by atoms with van der Waals surface area (Å²) in [5, 5.41) is 0. The highest BCUT2D eigenvalue weighted by Crippen LogP contribution is 2.26. The van der Waals surface area contributed by atoms with Crippen molar-refractivity contribution in [2.45, 2.75) is 45.3 Å². The molecule has 20 heavy (non-hydrogen) atoms. The molecule has 0 spiro atoms. The van der Waals surface area contributed by atoms with Gasteiger partial charge in [-0.1, -0.05) is 19.1 Å². The molecule has 0 amide bonds. The van der Waals surface area contributed by atoms with E-state index < -0.39 is 5.60 Å². The largest absolute Gasteiger partial charge is 0.494 e. The Morgan fingerprint density at radius 2 is 2.10 bits per heavy atom. The Morgan fingerprint density at radius 3 is 2.60 bits per heavy atom. The monoisotopic (exact) mass is 284 g/mol. The minimum atomic E-state index is -0.445. The molecule has 0 aromatic heterocycles. The number of nitrogens with two attached hydrogens (primary N) is 1. The van der Waals surface area contributed by atoms with Gasteiger partial charge in [-0.15, -0.1) is 0 Å². The molecule has 0 heterocycles. The number of hydrogen-bond donors (Lipinski definition) is 2. The molecule has 3 N–H and O–H groups in total. The van der Waals surface area contributed by atoms with Crippen molar-refractivity contribution in [3.8, 4) is 5.75 Å². The summed E-state index contributed by atoms with van der Waals surface area (Å²) in [6.07, 6.45) is 1.21. The number of benzene rings is 1. The van der Waals surface area contributed by atoms with Crippen LogP contribution in [0, 0.1) is 5.82 Å². The molecule has 0 saturated heterocycles. The third-order valence-electron chi connectivity index (χ3n) is 3.80. The predicted molar refractivity (Wildman–Crippen MR) is 78.1 cm³/mol. The van der Waals surface area contributed by atoms with Crippen molar-refractivity contribution in [3.63, 3.8) is 0 Å². The highest BCUT2D eigenvalue weighted by molar-refractivity contribution is 5.31. The van der Waals surface area contributed by atoms with E-state index in [2.05, 4.69) is 5.43 Å². The molecule has 5 heteroatoms. The van der Waals surface area contributed by atoms with Crippen LogP contribution in [0.25, 0.3) is 0 Å². The summed E-state index contributed by atoms with van der Waals surface area (Å²) in [7, 11) is 1.46. The van der Waals surface area contributed by atoms with Crippen molar-refractivity contribution in [2.24, 2.45) is 5.84 Å². The average molecular weight is 284 g/mol. The Bertz CT molecular complexity index is 428. The van der Waals surface area contributed by atoms with E-state index in [-0.39, 0.29) is 17.6 Å². The van der Waals surface area contributed by atoms with Gasteiger partial charge in [0.2, 0.25) is 0 Å². The number of halogens is 1. The van der Waals surface area contributed by atoms with E-state index >= 15 is 0 Å². The second-order valence-corrected chi connectivity index (χ2v) is 4.96. The summed E-state index contributed by atoms with van der Waals surface area (Å²) >= 11 is 0. The van der Waals surface area contributed by atoms with E-state index in [1.165, 1.54) is 7.11 Å². The molecule has 0 aliphatic rings. The second kappa shape index (κ2) is 7.57. The first-order chi connectivity index (χ1) is 9.52. The van der Waals surface area contributed by atoms with Gasteiger partial charge < -0.3 is 9.47 Å². The Morgan fingerprint density at radius 1 is 1.40 bits per heavy atom. The molecule has 4 nitrogen and oxygen atoms in total. The van der Waals surface area contributed by atoms with Crippen LogP contribution in [-0.2, 0) is 11.2 Å². The van der Waals surface area contributed by atoms with Crippen LogP contribution in [0.2, 0.25) is 0 Å². The van der Waals surface area contributed by atoms with E-state index in [0.29, 0.717) is 18.6 Å². The van der Waals surface area contributed by atoms with Crippen molar-refractivity contribution in [1.29, 1.82) is 0 Å². The van der Waals surface area contributed by atoms with Crippen LogP contribution in [0.3, 0.4) is 0 Å². The van der Waals surface area contributed by atoms with Crippen molar-refractivity contribution in [3.05, 3.63) is 29.6 Å². The lowest BCUT2D eigenvalue weighted by molar-refractivity contribution is -0.0552. The van der Waals surface area contributed by atoms with Crippen LogP contribution in [0.5, 0.6) is 5.75 Å². The quantitative estimate of drug-likeness (QED) is 0.568. The summed E-state index contributed by atoms with van der Waals surface area (Å²) in [5.74, 6) is 5.55. The van der Waals surface area contributed by atoms with E-state index in [1.54, 1.807) is 18.2 Å². The maximum Gasteiger partial charge on any atom is 0.168 e. The highest BCUT2D eigenvalue weighted by Gasteiger charge is 2.33. The molecule has 1 aromatic carbocycles. The zero-order valence-corrected chi connectivity index (χ0v) is 12.7. The molecule has 2 unspecified atom stereocenters. The van der Waals surface area contributed by atoms with Crippen LogP contribution in [-0.4, -0.2) is 25.4 Å². The molecular formula is C15H25FN2O2. The lowest BCUT2D eigenvalue weighted by Crippen LogP contribution is -2.54. The van der Waals surface area contributed by atoms with E-state index in [9.17, 15) is 4.39 Å². The molecule has 1 rings (SSSR count). The van der Waals surface area contributed by atoms with Crippen LogP contribution >= 0.6 is 0 Å². The predicted octanol–water partition coefficient (Wildman–Crippen LogP) is 2.41. The highest BCUT2D eigenvalue weighted by atomic mass is 19.1. The average Bonchev–Trinajstić information content (AvgIpc) is 2.46. The topological polar surface area (TPSA) is 56.5 Å². The fraction of sp³-hybridized carbons (Fsp3) is 0.600. The van der Waals surface area contributed by atoms with Crippen molar-refractivity contribution in [2.75, 3.05) is 13.7 Å². The van der Waals surface area contributed by atoms with Gasteiger partial charge in [-0.05, 0) is 38.3 Å². The zero-order chi connectivity index (χ0) is 15.2. The first-order valence-corrected chi connectivity index (χ1v) is 6.93. The van der Waals surface area contributed by atoms with Gasteiger partial charge in [-0.25, -0.2) is 4.39 Å². The fourth-order valence-corrected chi connectivity index (χ4v) is 2.32. The third-order valence-corrected chi connectivity index (χ3v) is 3.80. The van der Waals surface area contributed by atoms with Crippen molar-refractivity contribution in [1.82, 2.24) is 5.43 Å². The molecule has 0 saturated carbocycles. The first-order valence-electron chi connectivity index (χ1n) is 6.93. The summed E-state index contributed by atoms with van der Waals surface area (Å²) in [6, 6.07) is 4.93. The van der Waals surface area contributed by atoms with Gasteiger partial charge in [0.25, 0.3) is 0 Å². The van der Waals surface area contributed by atoms with Gasteiger partial charge in [0, 0.05) is 6.61 Å². The molecule has 0 radical (unpaired) electrons. The minimum Gasteiger partial charge on any atom is -0.494 e. The van der Waals surface area contributed by atoms with Crippen molar-refractivity contribution < 1.29 is 13.9 Å². The van der Waals surface area contributed by atoms with Crippen LogP contribution in [0.1, 0.15) is 32.8 Å². The normalized spacial score (nSPS) is 15.7. The Balaban J connectivity index is 2.99. The van der Waals surface area contributed by atoms with Gasteiger partial charge in [0.15, 0.2) is 11.6 Å². The molecule has 114 valence electrons. The second-order valence-electron chi connectivity index (χ2n) is 4.96. The fourth-order valence-electron chi connectivity index (χ4n) is 2.32. The zero-order valence-electron chi connectivity index (χ0n) is 12.7. The van der Waals surface area contributed by atoms with E-state index in [4.69, 9.17) is 15.3 Å². The number of ether oxygens (including phenoxy) is 2. The van der Waals surface area contributed by atoms with Gasteiger partial charge in [0.05, 0.1) is 18.8 Å². The number of methoxy groups -OCH3 is 1. The van der Waals surface area contributed by atoms with Gasteiger partial charge in [-0.3, -0.25) is 11.3 Å². The maximum absolute atomic E-state index is 14.2. The third kappa shape index (κ3) is 3.69. The summed E-state index contributed by atoms with van der Waals surface area (Å²) in [6.45, 7) is 6.54. The number of hydrazine groups is 1. The lowest BCUT2D eigenvalue weighted by atomic mass is 9.88. The number of rotatable bonds is 8. The van der Waals surface area contributed by atoms with Crippen LogP contribution in [0.15, 0.2) is 18.2 Å². The minimum absolute atomic E-state index is 0.186. The molecule has 0 aliphatic carbocycles. The number of hydrogen-bond acceptors (Lipinski definition) is 4. The molecule has 0 fully saturated rings. The Hall–Kier alpha value is -1.17. The van der Waals surface area contributed by atoms with Gasteiger partial charge in [0.1, 0.15) is 0 Å². The first kappa shape index (κ1) is 16.9. The van der Waals surface area contributed by atoms with Crippen LogP contribution < -0.4 is 16.0 Å². The SMILES string of the molecule is CCOC(C)(CC)C(Cc1cccc(OC)c1F)NN. The smallest absolute Gasteiger partial charge is 0.168 e. The van der Waals surface area contributed by atoms with E-state index in [0.717, 1.165) is 6.42 Å². The summed E-state index contributed by atoms with van der Waals surface area (Å²) < 4.78 is 25.0. The maximum atomic E-state index is 14.2. The van der Waals surface area contributed by atoms with Crippen LogP contribution in [0.4, 0.5) is 4.39 Å². The van der Waals surface area contributed by atoms with Gasteiger partial charge in [-0.2, -0.15) is 0 Å². The molecular weight excluding hydrogens is 259 g/mol. The standard InChI is InChI=1S/C15H25FN2O2/c1-5-15(3,20-6-2)13(18-17)10-11-8-7-9-12(19-4)14(11)16/h7-9,13,18H,5-6,10,17H2,1-4H3. The van der Waals surface area contributed by atoms with Gasteiger partial charge >= 0.3 is 0 Å². The molecule has 0 aliphatic heterocycles. The molecule has 1 aromatic rings. The lowest BCUT2D eigenvalue weighted by Gasteiger charge is -2.36. The Labute approximate surface area is 120 Å². The molecule has 0 bridgehead atoms. The summed E-state index contributed by atoms with van der Waals surface area (Å²) in [4.78, 5) is 0. The van der Waals surface area contributed by atoms with E-state index in [1.807, 2.05) is 20.8 Å². The Kier molecular flexibility index (Phi) is 6.39. The van der Waals surface area contributed by atoms with Crippen molar-refractivity contribution >= 4 is 0 Å². The molecule has 2 atom stereocenters. The summed E-state index contributed by atoms with van der Waals surface area (Å²) in [5.41, 5.74) is 2.88.